The molecule has 0 saturated carbocycles. The summed E-state index contributed by atoms with van der Waals surface area (Å²) in [5, 5.41) is 12.7. The Kier molecular flexibility index (Phi) is 6.25. The summed E-state index contributed by atoms with van der Waals surface area (Å²) >= 11 is 0. The third-order valence-electron chi connectivity index (χ3n) is 1.39. The van der Waals surface area contributed by atoms with Gasteiger partial charge in [-0.25, -0.2) is 0 Å². The SMILES string of the molecule is COC(CN/C=C(/C=O)[N+](=O)[O-])OC. The number of carbonyl (C=O) groups excluding carboxylic acids is 1. The molecule has 0 aromatic rings. The molecule has 0 spiro atoms. The first-order valence-corrected chi connectivity index (χ1v) is 3.74. The van der Waals surface area contributed by atoms with E-state index in [-0.39, 0.29) is 12.8 Å². The fourth-order valence-corrected chi connectivity index (χ4v) is 0.652. The molecule has 0 radical (unpaired) electrons. The molecule has 0 fully saturated rings. The van der Waals surface area contributed by atoms with E-state index in [9.17, 15) is 14.9 Å². The highest BCUT2D eigenvalue weighted by molar-refractivity contribution is 5.69. The second-order valence-electron chi connectivity index (χ2n) is 2.25. The van der Waals surface area contributed by atoms with Crippen LogP contribution in [0.5, 0.6) is 0 Å². The lowest BCUT2D eigenvalue weighted by Crippen LogP contribution is -2.27. The van der Waals surface area contributed by atoms with Gasteiger partial charge in [0.25, 0.3) is 0 Å². The van der Waals surface area contributed by atoms with Crippen LogP contribution in [-0.2, 0) is 14.3 Å². The molecule has 7 nitrogen and oxygen atoms in total. The van der Waals surface area contributed by atoms with Crippen LogP contribution >= 0.6 is 0 Å². The summed E-state index contributed by atoms with van der Waals surface area (Å²) in [5.41, 5.74) is -0.545. The second kappa shape index (κ2) is 6.98. The lowest BCUT2D eigenvalue weighted by Gasteiger charge is -2.12. The van der Waals surface area contributed by atoms with Gasteiger partial charge in [-0.2, -0.15) is 0 Å². The monoisotopic (exact) mass is 204 g/mol. The van der Waals surface area contributed by atoms with Crippen molar-refractivity contribution in [1.82, 2.24) is 5.32 Å². The minimum Gasteiger partial charge on any atom is -0.380 e. The van der Waals surface area contributed by atoms with E-state index >= 15 is 0 Å². The summed E-state index contributed by atoms with van der Waals surface area (Å²) < 4.78 is 9.61. The molecule has 0 amide bonds. The van der Waals surface area contributed by atoms with Gasteiger partial charge in [0.15, 0.2) is 6.29 Å². The number of rotatable bonds is 7. The molecule has 0 heterocycles. The summed E-state index contributed by atoms with van der Waals surface area (Å²) in [7, 11) is 2.88. The van der Waals surface area contributed by atoms with Crippen molar-refractivity contribution in [2.45, 2.75) is 6.29 Å². The minimum absolute atomic E-state index is 0.154. The third-order valence-corrected chi connectivity index (χ3v) is 1.39. The lowest BCUT2D eigenvalue weighted by molar-refractivity contribution is -0.417. The largest absolute Gasteiger partial charge is 0.380 e. The number of methoxy groups -OCH3 is 2. The summed E-state index contributed by atoms with van der Waals surface area (Å²) in [5.74, 6) is 0. The van der Waals surface area contributed by atoms with Crippen molar-refractivity contribution in [2.24, 2.45) is 0 Å². The Morgan fingerprint density at radius 2 is 2.14 bits per heavy atom. The van der Waals surface area contributed by atoms with Crippen molar-refractivity contribution < 1.29 is 19.2 Å². The van der Waals surface area contributed by atoms with Crippen LogP contribution < -0.4 is 5.32 Å². The highest BCUT2D eigenvalue weighted by atomic mass is 16.7. The van der Waals surface area contributed by atoms with Gasteiger partial charge in [-0.3, -0.25) is 14.9 Å². The Hall–Kier alpha value is -1.47. The number of allylic oxidation sites excluding steroid dienone is 1. The van der Waals surface area contributed by atoms with E-state index < -0.39 is 16.9 Å². The quantitative estimate of drug-likeness (QED) is 0.198. The summed E-state index contributed by atoms with van der Waals surface area (Å²) in [6, 6.07) is 0. The van der Waals surface area contributed by atoms with Crippen molar-refractivity contribution >= 4 is 6.29 Å². The van der Waals surface area contributed by atoms with Gasteiger partial charge in [-0.1, -0.05) is 0 Å². The first-order valence-electron chi connectivity index (χ1n) is 3.74. The summed E-state index contributed by atoms with van der Waals surface area (Å²) in [6.45, 7) is 0.220. The van der Waals surface area contributed by atoms with Crippen molar-refractivity contribution in [2.75, 3.05) is 20.8 Å². The van der Waals surface area contributed by atoms with Crippen LogP contribution in [0, 0.1) is 10.1 Å². The molecule has 1 N–H and O–H groups in total. The Labute approximate surface area is 80.8 Å². The highest BCUT2D eigenvalue weighted by Crippen LogP contribution is 1.90. The number of hydrogen-bond donors (Lipinski definition) is 1. The zero-order valence-corrected chi connectivity index (χ0v) is 7.93. The van der Waals surface area contributed by atoms with Crippen molar-refractivity contribution in [3.63, 3.8) is 0 Å². The molecule has 0 aliphatic heterocycles. The average molecular weight is 204 g/mol. The van der Waals surface area contributed by atoms with Gasteiger partial charge >= 0.3 is 5.70 Å². The molecule has 7 heteroatoms. The molecule has 0 unspecified atom stereocenters. The third kappa shape index (κ3) is 4.53. The van der Waals surface area contributed by atoms with E-state index in [1.54, 1.807) is 0 Å². The van der Waals surface area contributed by atoms with E-state index in [0.717, 1.165) is 6.20 Å². The topological polar surface area (TPSA) is 90.7 Å². The van der Waals surface area contributed by atoms with E-state index in [4.69, 9.17) is 9.47 Å². The van der Waals surface area contributed by atoms with Gasteiger partial charge in [-0.05, 0) is 0 Å². The number of nitrogens with one attached hydrogen (secondary N) is 1. The summed E-state index contributed by atoms with van der Waals surface area (Å²) in [4.78, 5) is 19.5. The molecule has 0 atom stereocenters. The van der Waals surface area contributed by atoms with Crippen LogP contribution in [0.2, 0.25) is 0 Å². The number of nitrogens with zero attached hydrogens (tertiary/aromatic N) is 1. The first-order chi connectivity index (χ1) is 6.65. The highest BCUT2D eigenvalue weighted by Gasteiger charge is 2.08. The van der Waals surface area contributed by atoms with Gasteiger partial charge < -0.3 is 14.8 Å². The van der Waals surface area contributed by atoms with Crippen molar-refractivity contribution in [1.29, 1.82) is 0 Å². The van der Waals surface area contributed by atoms with Crippen LogP contribution in [0.25, 0.3) is 0 Å². The lowest BCUT2D eigenvalue weighted by atomic mass is 10.5. The zero-order valence-electron chi connectivity index (χ0n) is 7.93. The number of ether oxygens (including phenoxy) is 2. The fourth-order valence-electron chi connectivity index (χ4n) is 0.652. The fraction of sp³-hybridized carbons (Fsp3) is 0.571. The number of carbonyl (C=O) groups is 1. The number of hydrogen-bond acceptors (Lipinski definition) is 6. The number of nitro groups is 1. The van der Waals surface area contributed by atoms with Gasteiger partial charge in [0.1, 0.15) is 0 Å². The molecule has 0 saturated heterocycles. The molecule has 0 rings (SSSR count). The Balaban J connectivity index is 4.01. The molecule has 0 aliphatic rings. The van der Waals surface area contributed by atoms with Crippen LogP contribution in [0.15, 0.2) is 11.9 Å². The summed E-state index contributed by atoms with van der Waals surface area (Å²) in [6.07, 6.45) is 0.644. The molecule has 14 heavy (non-hydrogen) atoms. The maximum Gasteiger partial charge on any atom is 0.324 e. The molecular weight excluding hydrogens is 192 g/mol. The zero-order chi connectivity index (χ0) is 11.0. The van der Waals surface area contributed by atoms with Crippen LogP contribution in [0.4, 0.5) is 0 Å². The Bertz CT molecular complexity index is 224. The average Bonchev–Trinajstić information content (AvgIpc) is 2.18. The van der Waals surface area contributed by atoms with Crippen molar-refractivity contribution in [3.8, 4) is 0 Å². The van der Waals surface area contributed by atoms with Crippen LogP contribution in [0.1, 0.15) is 0 Å². The normalized spacial score (nSPS) is 11.5. The smallest absolute Gasteiger partial charge is 0.324 e. The standard InChI is InChI=1S/C7H12N2O5/c1-13-7(14-2)4-8-3-6(5-10)9(11)12/h3,5,7-8H,4H2,1-2H3/b6-3-. The molecule has 0 aliphatic carbocycles. The van der Waals surface area contributed by atoms with E-state index in [2.05, 4.69) is 5.32 Å². The van der Waals surface area contributed by atoms with E-state index in [1.165, 1.54) is 14.2 Å². The molecular formula is C7H12N2O5. The van der Waals surface area contributed by atoms with Crippen molar-refractivity contribution in [3.05, 3.63) is 22.0 Å². The van der Waals surface area contributed by atoms with E-state index in [0.29, 0.717) is 0 Å². The van der Waals surface area contributed by atoms with Gasteiger partial charge in [-0.15, -0.1) is 0 Å². The predicted octanol–water partition coefficient (Wildman–Crippen LogP) is -0.488. The van der Waals surface area contributed by atoms with Crippen LogP contribution in [0.3, 0.4) is 0 Å². The van der Waals surface area contributed by atoms with Gasteiger partial charge in [0, 0.05) is 14.2 Å². The molecule has 0 aromatic heterocycles. The first kappa shape index (κ1) is 12.5. The maximum atomic E-state index is 10.1. The predicted molar refractivity (Wildman–Crippen MR) is 47.0 cm³/mol. The van der Waals surface area contributed by atoms with E-state index in [1.807, 2.05) is 0 Å². The number of aldehydes is 1. The molecule has 0 aromatic carbocycles. The molecule has 80 valence electrons. The Morgan fingerprint density at radius 1 is 1.57 bits per heavy atom. The van der Waals surface area contributed by atoms with Crippen LogP contribution in [-0.4, -0.2) is 38.3 Å². The van der Waals surface area contributed by atoms with Gasteiger partial charge in [0.05, 0.1) is 17.7 Å². The second-order valence-corrected chi connectivity index (χ2v) is 2.25. The Morgan fingerprint density at radius 3 is 2.50 bits per heavy atom. The minimum atomic E-state index is -0.783. The van der Waals surface area contributed by atoms with Gasteiger partial charge in [0.2, 0.25) is 6.29 Å². The molecule has 0 bridgehead atoms. The maximum absolute atomic E-state index is 10.1.